The molecule has 0 aromatic carbocycles. The fourth-order valence-corrected chi connectivity index (χ4v) is 5.39. The van der Waals surface area contributed by atoms with Crippen molar-refractivity contribution in [2.45, 2.75) is 142 Å². The van der Waals surface area contributed by atoms with Gasteiger partial charge in [-0.3, -0.25) is 14.7 Å². The molecule has 0 bridgehead atoms. The van der Waals surface area contributed by atoms with Crippen LogP contribution >= 0.6 is 0 Å². The summed E-state index contributed by atoms with van der Waals surface area (Å²) in [4.78, 5) is 10.4. The third-order valence-corrected chi connectivity index (χ3v) is 7.72. The van der Waals surface area contributed by atoms with Gasteiger partial charge in [-0.1, -0.05) is 129 Å². The van der Waals surface area contributed by atoms with E-state index in [1.165, 1.54) is 168 Å². The molecule has 39 heavy (non-hydrogen) atoms. The Hall–Kier alpha value is 1.24. The zero-order valence-electron chi connectivity index (χ0n) is 26.4. The predicted octanol–water partition coefficient (Wildman–Crippen LogP) is -0.809. The predicted molar refractivity (Wildman–Crippen MR) is 157 cm³/mol. The van der Waals surface area contributed by atoms with Gasteiger partial charge in [0, 0.05) is 26.2 Å². The zero-order valence-corrected chi connectivity index (χ0v) is 30.0. The Balaban J connectivity index is -0.00000153. The molecule has 1 aliphatic heterocycles. The molecule has 1 heterocycles. The van der Waals surface area contributed by atoms with Crippen LogP contribution in [0.25, 0.3) is 0 Å². The van der Waals surface area contributed by atoms with E-state index in [4.69, 9.17) is 0 Å². The quantitative estimate of drug-likeness (QED) is 0.120. The van der Waals surface area contributed by atoms with Gasteiger partial charge in [-0.2, -0.15) is 0 Å². The normalized spacial score (nSPS) is 14.4. The van der Waals surface area contributed by atoms with Crippen LogP contribution in [0.1, 0.15) is 142 Å². The van der Waals surface area contributed by atoms with Crippen LogP contribution in [0.3, 0.4) is 0 Å². The minimum atomic E-state index is 0. The molecule has 0 spiro atoms. The second-order valence-electron chi connectivity index (χ2n) is 11.8. The number of unbranched alkanes of at least 4 members (excludes halogenated alkanes) is 18. The standard InChI is InChI=1S/C31H66N4.3ClH.Cr/c1-5-7-9-11-13-15-17-19-21-23-25-33-29-34(31-35(30-33)28-27-32(3)4)26-24-22-20-18-16-14-12-10-8-6-2;;;;/h5-31H2,1-4H3;3*1H;/q;;;;+3/p-3. The van der Waals surface area contributed by atoms with E-state index in [2.05, 4.69) is 47.5 Å². The van der Waals surface area contributed by atoms with Gasteiger partial charge in [0.05, 0.1) is 20.0 Å². The van der Waals surface area contributed by atoms with Crippen LogP contribution < -0.4 is 37.2 Å². The first-order valence-corrected chi connectivity index (χ1v) is 16.0. The summed E-state index contributed by atoms with van der Waals surface area (Å²) in [6.07, 6.45) is 28.6. The van der Waals surface area contributed by atoms with Gasteiger partial charge in [-0.05, 0) is 26.9 Å². The van der Waals surface area contributed by atoms with Crippen molar-refractivity contribution in [2.24, 2.45) is 0 Å². The molecule has 0 aliphatic carbocycles. The summed E-state index contributed by atoms with van der Waals surface area (Å²) in [5, 5.41) is 0. The molecule has 0 N–H and O–H groups in total. The van der Waals surface area contributed by atoms with Crippen molar-refractivity contribution < 1.29 is 54.6 Å². The van der Waals surface area contributed by atoms with E-state index < -0.39 is 0 Å². The third-order valence-electron chi connectivity index (χ3n) is 7.72. The summed E-state index contributed by atoms with van der Waals surface area (Å²) in [5.41, 5.74) is 0. The molecule has 4 nitrogen and oxygen atoms in total. The van der Waals surface area contributed by atoms with Crippen molar-refractivity contribution >= 4 is 0 Å². The third kappa shape index (κ3) is 30.5. The van der Waals surface area contributed by atoms with Crippen molar-refractivity contribution in [3.05, 3.63) is 0 Å². The second-order valence-corrected chi connectivity index (χ2v) is 11.8. The topological polar surface area (TPSA) is 13.0 Å². The van der Waals surface area contributed by atoms with E-state index >= 15 is 0 Å². The van der Waals surface area contributed by atoms with Gasteiger partial charge in [0.1, 0.15) is 0 Å². The maximum Gasteiger partial charge on any atom is 3.00 e. The fraction of sp³-hybridized carbons (Fsp3) is 1.00. The first kappa shape index (κ1) is 47.2. The van der Waals surface area contributed by atoms with E-state index in [-0.39, 0.29) is 54.6 Å². The summed E-state index contributed by atoms with van der Waals surface area (Å²) in [7, 11) is 4.40. The van der Waals surface area contributed by atoms with Gasteiger partial charge in [-0.25, -0.2) is 0 Å². The molecule has 0 aromatic heterocycles. The number of rotatable bonds is 25. The molecule has 0 atom stereocenters. The van der Waals surface area contributed by atoms with E-state index in [0.29, 0.717) is 0 Å². The number of hydrogen-bond acceptors (Lipinski definition) is 4. The van der Waals surface area contributed by atoms with Gasteiger partial charge in [0.2, 0.25) is 0 Å². The van der Waals surface area contributed by atoms with Crippen molar-refractivity contribution in [3.63, 3.8) is 0 Å². The Labute approximate surface area is 275 Å². The Morgan fingerprint density at radius 2 is 0.667 bits per heavy atom. The molecular formula is C31H66Cl3CrN4. The van der Waals surface area contributed by atoms with Crippen molar-refractivity contribution in [1.29, 1.82) is 0 Å². The smallest absolute Gasteiger partial charge is 1.00 e. The van der Waals surface area contributed by atoms with Gasteiger partial charge >= 0.3 is 17.4 Å². The Bertz CT molecular complexity index is 418. The Kier molecular flexibility index (Phi) is 42.9. The molecule has 0 amide bonds. The average molecular weight is 653 g/mol. The van der Waals surface area contributed by atoms with Gasteiger partial charge in [-0.15, -0.1) is 0 Å². The first-order chi connectivity index (χ1) is 17.2. The summed E-state index contributed by atoms with van der Waals surface area (Å²) in [6.45, 7) is 13.1. The monoisotopic (exact) mass is 651 g/mol. The summed E-state index contributed by atoms with van der Waals surface area (Å²) in [6, 6.07) is 0. The first-order valence-electron chi connectivity index (χ1n) is 16.0. The van der Waals surface area contributed by atoms with E-state index in [0.717, 1.165) is 6.54 Å². The van der Waals surface area contributed by atoms with Crippen LogP contribution in [0.5, 0.6) is 0 Å². The summed E-state index contributed by atoms with van der Waals surface area (Å²) in [5.74, 6) is 0. The van der Waals surface area contributed by atoms with Crippen molar-refractivity contribution in [3.8, 4) is 0 Å². The molecule has 1 saturated heterocycles. The number of hydrogen-bond donors (Lipinski definition) is 0. The van der Waals surface area contributed by atoms with Crippen molar-refractivity contribution in [2.75, 3.05) is 60.3 Å². The molecule has 237 valence electrons. The molecule has 1 rings (SSSR count). The van der Waals surface area contributed by atoms with Crippen LogP contribution in [0.2, 0.25) is 0 Å². The molecule has 0 saturated carbocycles. The average Bonchev–Trinajstić information content (AvgIpc) is 2.85. The second kappa shape index (κ2) is 35.4. The SMILES string of the molecule is CCCCCCCCCCCCN1CN(CCCCCCCCCCCC)CN(CCN(C)C)C1.[Cl-].[Cl-].[Cl-].[Cr+3]. The number of likely N-dealkylation sites (N-methyl/N-ethyl adjacent to an activating group) is 1. The largest absolute Gasteiger partial charge is 3.00 e. The van der Waals surface area contributed by atoms with Gasteiger partial charge in [0.15, 0.2) is 0 Å². The maximum atomic E-state index is 2.72. The van der Waals surface area contributed by atoms with Crippen LogP contribution in [-0.2, 0) is 17.4 Å². The molecule has 1 radical (unpaired) electrons. The maximum absolute atomic E-state index is 2.72. The van der Waals surface area contributed by atoms with Crippen LogP contribution in [0.4, 0.5) is 0 Å². The zero-order chi connectivity index (χ0) is 25.4. The number of halogens is 3. The van der Waals surface area contributed by atoms with E-state index in [1.807, 2.05) is 0 Å². The van der Waals surface area contributed by atoms with E-state index in [1.54, 1.807) is 0 Å². The van der Waals surface area contributed by atoms with Gasteiger partial charge in [0.25, 0.3) is 0 Å². The molecular weight excluding hydrogens is 587 g/mol. The molecule has 1 aliphatic rings. The fourth-order valence-electron chi connectivity index (χ4n) is 5.39. The van der Waals surface area contributed by atoms with Crippen LogP contribution in [0, 0.1) is 0 Å². The van der Waals surface area contributed by atoms with Crippen LogP contribution in [0.15, 0.2) is 0 Å². The summed E-state index contributed by atoms with van der Waals surface area (Å²) < 4.78 is 0. The van der Waals surface area contributed by atoms with Gasteiger partial charge < -0.3 is 42.1 Å². The molecule has 0 aromatic rings. The van der Waals surface area contributed by atoms with E-state index in [9.17, 15) is 0 Å². The Morgan fingerprint density at radius 3 is 0.949 bits per heavy atom. The number of nitrogens with zero attached hydrogens (tertiary/aromatic N) is 4. The molecule has 1 fully saturated rings. The minimum Gasteiger partial charge on any atom is -1.00 e. The molecule has 8 heteroatoms. The summed E-state index contributed by atoms with van der Waals surface area (Å²) >= 11 is 0. The molecule has 0 unspecified atom stereocenters. The van der Waals surface area contributed by atoms with Crippen molar-refractivity contribution in [1.82, 2.24) is 19.6 Å². The minimum absolute atomic E-state index is 0. The Morgan fingerprint density at radius 1 is 0.410 bits per heavy atom. The van der Waals surface area contributed by atoms with Crippen LogP contribution in [-0.4, -0.2) is 79.9 Å².